The lowest BCUT2D eigenvalue weighted by Gasteiger charge is -2.09. The van der Waals surface area contributed by atoms with Gasteiger partial charge in [0.25, 0.3) is 5.95 Å². The van der Waals surface area contributed by atoms with Crippen LogP contribution in [0.3, 0.4) is 0 Å². The van der Waals surface area contributed by atoms with Gasteiger partial charge in [0.05, 0.1) is 30.1 Å². The smallest absolute Gasteiger partial charge is 0.250 e. The summed E-state index contributed by atoms with van der Waals surface area (Å²) in [6.07, 6.45) is 3.82. The first-order valence-electron chi connectivity index (χ1n) is 8.32. The number of aliphatic hydroxyl groups is 1. The van der Waals surface area contributed by atoms with Gasteiger partial charge in [0.15, 0.2) is 5.75 Å². The maximum absolute atomic E-state index is 9.31. The molecule has 0 aliphatic rings. The predicted molar refractivity (Wildman–Crippen MR) is 85.9 cm³/mol. The van der Waals surface area contributed by atoms with E-state index in [0.717, 1.165) is 4.68 Å². The summed E-state index contributed by atoms with van der Waals surface area (Å²) in [7, 11) is 0. The van der Waals surface area contributed by atoms with Gasteiger partial charge in [0, 0.05) is 21.8 Å². The Kier molecular flexibility index (Phi) is 3.44. The number of benzene rings is 1. The SMILES string of the molecule is [2H]C([2H])(O)c1ccn(-c2ncc(OC([2H])([2H])c3c(Cl)cccc3Cl)cn2)n1. The standard InChI is InChI=1S/C15H12Cl2N4O2/c16-13-2-1-3-14(17)12(13)9-23-11-6-18-15(19-7-11)21-5-4-10(8-22)20-21/h1-7,22H,8-9H2/i8D2,9D2. The van der Waals surface area contributed by atoms with E-state index in [1.807, 2.05) is 0 Å². The third-order valence-electron chi connectivity index (χ3n) is 2.76. The van der Waals surface area contributed by atoms with Gasteiger partial charge in [-0.15, -0.1) is 0 Å². The molecule has 0 spiro atoms. The van der Waals surface area contributed by atoms with Gasteiger partial charge in [-0.05, 0) is 18.2 Å². The van der Waals surface area contributed by atoms with Gasteiger partial charge >= 0.3 is 0 Å². The molecule has 0 fully saturated rings. The van der Waals surface area contributed by atoms with E-state index in [-0.39, 0.29) is 33.0 Å². The molecular formula is C15H12Cl2N4O2. The van der Waals surface area contributed by atoms with Crippen LogP contribution in [0.5, 0.6) is 5.75 Å². The number of rotatable bonds is 5. The Bertz CT molecular complexity index is 941. The average Bonchev–Trinajstić information content (AvgIpc) is 3.05. The average molecular weight is 355 g/mol. The molecule has 0 aliphatic heterocycles. The number of hydrogen-bond acceptors (Lipinski definition) is 5. The largest absolute Gasteiger partial charge is 0.486 e. The van der Waals surface area contributed by atoms with E-state index in [0.29, 0.717) is 0 Å². The van der Waals surface area contributed by atoms with Crippen LogP contribution >= 0.6 is 23.2 Å². The van der Waals surface area contributed by atoms with Gasteiger partial charge in [0.2, 0.25) is 0 Å². The maximum Gasteiger partial charge on any atom is 0.250 e. The first-order chi connectivity index (χ1) is 12.6. The van der Waals surface area contributed by atoms with Gasteiger partial charge in [0.1, 0.15) is 6.56 Å². The molecule has 23 heavy (non-hydrogen) atoms. The summed E-state index contributed by atoms with van der Waals surface area (Å²) in [5.74, 6) is 0.0961. The van der Waals surface area contributed by atoms with Crippen molar-refractivity contribution in [2.75, 3.05) is 0 Å². The van der Waals surface area contributed by atoms with Crippen LogP contribution in [0, 0.1) is 0 Å². The first kappa shape index (κ1) is 11.4. The molecule has 8 heteroatoms. The Hall–Kier alpha value is -2.15. The van der Waals surface area contributed by atoms with Gasteiger partial charge in [-0.3, -0.25) is 0 Å². The van der Waals surface area contributed by atoms with Crippen molar-refractivity contribution in [2.24, 2.45) is 0 Å². The summed E-state index contributed by atoms with van der Waals surface area (Å²) in [6, 6.07) is 5.87. The molecule has 1 aromatic carbocycles. The van der Waals surface area contributed by atoms with E-state index in [2.05, 4.69) is 15.1 Å². The molecule has 2 heterocycles. The quantitative estimate of drug-likeness (QED) is 0.762. The van der Waals surface area contributed by atoms with Crippen molar-refractivity contribution >= 4 is 23.2 Å². The number of hydrogen-bond donors (Lipinski definition) is 1. The molecule has 0 unspecified atom stereocenters. The highest BCUT2D eigenvalue weighted by Gasteiger charge is 2.08. The van der Waals surface area contributed by atoms with Crippen molar-refractivity contribution in [2.45, 2.75) is 13.1 Å². The third-order valence-corrected chi connectivity index (χ3v) is 3.39. The fourth-order valence-corrected chi connectivity index (χ4v) is 2.16. The Labute approximate surface area is 147 Å². The second-order valence-electron chi connectivity index (χ2n) is 4.28. The topological polar surface area (TPSA) is 73.1 Å². The predicted octanol–water partition coefficient (Wildman–Crippen LogP) is 3.04. The summed E-state index contributed by atoms with van der Waals surface area (Å²) in [4.78, 5) is 7.99. The van der Waals surface area contributed by atoms with Gasteiger partial charge in [-0.2, -0.15) is 5.10 Å². The fraction of sp³-hybridized carbons (Fsp3) is 0.133. The van der Waals surface area contributed by atoms with Gasteiger partial charge in [-0.1, -0.05) is 29.3 Å². The first-order valence-corrected chi connectivity index (χ1v) is 7.08. The highest BCUT2D eigenvalue weighted by molar-refractivity contribution is 6.35. The van der Waals surface area contributed by atoms with Crippen LogP contribution in [0.2, 0.25) is 10.0 Å². The normalized spacial score (nSPS) is 14.6. The number of ether oxygens (including phenoxy) is 1. The zero-order chi connectivity index (χ0) is 19.8. The van der Waals surface area contributed by atoms with Crippen molar-refractivity contribution in [3.05, 3.63) is 64.2 Å². The molecular weight excluding hydrogens is 339 g/mol. The van der Waals surface area contributed by atoms with Crippen LogP contribution in [0.1, 0.15) is 16.7 Å². The molecule has 0 saturated carbocycles. The lowest BCUT2D eigenvalue weighted by Crippen LogP contribution is -2.03. The fourth-order valence-electron chi connectivity index (χ4n) is 1.68. The maximum atomic E-state index is 9.31. The minimum atomic E-state index is -2.58. The van der Waals surface area contributed by atoms with E-state index in [9.17, 15) is 5.11 Å². The second-order valence-corrected chi connectivity index (χ2v) is 5.09. The minimum absolute atomic E-state index is 0.0145. The second kappa shape index (κ2) is 6.95. The van der Waals surface area contributed by atoms with E-state index in [1.54, 1.807) is 6.07 Å². The van der Waals surface area contributed by atoms with E-state index < -0.39 is 13.1 Å². The van der Waals surface area contributed by atoms with E-state index in [1.165, 1.54) is 36.8 Å². The zero-order valence-corrected chi connectivity index (χ0v) is 13.0. The van der Waals surface area contributed by atoms with Crippen molar-refractivity contribution in [1.82, 2.24) is 19.7 Å². The Morgan fingerprint density at radius 2 is 1.87 bits per heavy atom. The van der Waals surface area contributed by atoms with Crippen LogP contribution in [0.15, 0.2) is 42.9 Å². The van der Waals surface area contributed by atoms with Crippen molar-refractivity contribution < 1.29 is 15.3 Å². The Morgan fingerprint density at radius 3 is 2.48 bits per heavy atom. The zero-order valence-electron chi connectivity index (χ0n) is 15.4. The summed E-state index contributed by atoms with van der Waals surface area (Å²) in [6.45, 7) is -4.91. The molecule has 2 aromatic heterocycles. The lowest BCUT2D eigenvalue weighted by atomic mass is 10.2. The number of nitrogens with zero attached hydrogens (tertiary/aromatic N) is 4. The molecule has 1 N–H and O–H groups in total. The molecule has 0 aliphatic carbocycles. The van der Waals surface area contributed by atoms with Crippen molar-refractivity contribution in [3.8, 4) is 11.7 Å². The summed E-state index contributed by atoms with van der Waals surface area (Å²) < 4.78 is 37.1. The van der Waals surface area contributed by atoms with Gasteiger partial charge in [-0.25, -0.2) is 14.6 Å². The van der Waals surface area contributed by atoms with Crippen LogP contribution in [0.25, 0.3) is 5.95 Å². The molecule has 6 nitrogen and oxygen atoms in total. The number of aromatic nitrogens is 4. The monoisotopic (exact) mass is 354 g/mol. The highest BCUT2D eigenvalue weighted by Crippen LogP contribution is 2.25. The number of halogens is 2. The molecule has 0 radical (unpaired) electrons. The third kappa shape index (κ3) is 3.61. The molecule has 0 bridgehead atoms. The molecule has 0 saturated heterocycles. The Morgan fingerprint density at radius 1 is 1.17 bits per heavy atom. The van der Waals surface area contributed by atoms with Crippen LogP contribution in [-0.2, 0) is 13.1 Å². The van der Waals surface area contributed by atoms with Crippen LogP contribution in [-0.4, -0.2) is 24.9 Å². The summed E-state index contributed by atoms with van der Waals surface area (Å²) >= 11 is 12.1. The van der Waals surface area contributed by atoms with Crippen molar-refractivity contribution in [3.63, 3.8) is 0 Å². The molecule has 3 aromatic rings. The minimum Gasteiger partial charge on any atom is -0.486 e. The van der Waals surface area contributed by atoms with E-state index in [4.69, 9.17) is 33.4 Å². The van der Waals surface area contributed by atoms with Gasteiger partial charge < -0.3 is 9.84 Å². The highest BCUT2D eigenvalue weighted by atomic mass is 35.5. The van der Waals surface area contributed by atoms with Crippen LogP contribution in [0.4, 0.5) is 0 Å². The summed E-state index contributed by atoms with van der Waals surface area (Å²) in [5, 5.41) is 13.4. The lowest BCUT2D eigenvalue weighted by molar-refractivity contribution is 0.276. The van der Waals surface area contributed by atoms with Crippen LogP contribution < -0.4 is 4.74 Å². The molecule has 0 atom stereocenters. The van der Waals surface area contributed by atoms with E-state index >= 15 is 0 Å². The molecule has 3 rings (SSSR count). The summed E-state index contributed by atoms with van der Waals surface area (Å²) in [5.41, 5.74) is -0.213. The van der Waals surface area contributed by atoms with Crippen molar-refractivity contribution in [1.29, 1.82) is 0 Å². The molecule has 0 amide bonds. The Balaban J connectivity index is 1.82. The molecule has 118 valence electrons.